The molecular formula is C14H23F3N4O. The van der Waals surface area contributed by atoms with Crippen LogP contribution in [0.4, 0.5) is 13.2 Å². The van der Waals surface area contributed by atoms with Crippen LogP contribution in [-0.2, 0) is 11.3 Å². The molecule has 0 saturated heterocycles. The number of rotatable bonds is 5. The maximum Gasteiger partial charge on any atom is 0.408 e. The third-order valence-electron chi connectivity index (χ3n) is 3.58. The average molecular weight is 320 g/mol. The Kier molecular flexibility index (Phi) is 5.61. The van der Waals surface area contributed by atoms with Crippen molar-refractivity contribution in [2.45, 2.75) is 59.4 Å². The van der Waals surface area contributed by atoms with Crippen LogP contribution in [0.2, 0.25) is 0 Å². The van der Waals surface area contributed by atoms with Crippen molar-refractivity contribution >= 4 is 5.91 Å². The number of halogens is 3. The molecule has 5 nitrogen and oxygen atoms in total. The van der Waals surface area contributed by atoms with Gasteiger partial charge in [0.2, 0.25) is 5.91 Å². The fourth-order valence-electron chi connectivity index (χ4n) is 2.35. The van der Waals surface area contributed by atoms with Gasteiger partial charge >= 0.3 is 6.18 Å². The third kappa shape index (κ3) is 4.46. The quantitative estimate of drug-likeness (QED) is 0.874. The van der Waals surface area contributed by atoms with Gasteiger partial charge in [0, 0.05) is 11.3 Å². The molecule has 3 N–H and O–H groups in total. The summed E-state index contributed by atoms with van der Waals surface area (Å²) in [4.78, 5) is 12.0. The summed E-state index contributed by atoms with van der Waals surface area (Å²) in [6.07, 6.45) is -4.34. The van der Waals surface area contributed by atoms with E-state index in [-0.39, 0.29) is 11.8 Å². The molecule has 1 unspecified atom stereocenters. The largest absolute Gasteiger partial charge is 0.408 e. The SMILES string of the molecule is Cc1nn(CC(F)(F)F)c(C)c1C(C)NC(=O)[C@@H](N)C(C)C. The van der Waals surface area contributed by atoms with Crippen LogP contribution < -0.4 is 11.1 Å². The summed E-state index contributed by atoms with van der Waals surface area (Å²) in [5, 5.41) is 6.65. The standard InChI is InChI=1S/C14H23F3N4O/c1-7(2)12(18)13(22)19-8(3)11-9(4)20-21(10(11)5)6-14(15,16)17/h7-8,12H,6,18H2,1-5H3,(H,19,22)/t8?,12-/m0/s1. The van der Waals surface area contributed by atoms with Gasteiger partial charge in [-0.15, -0.1) is 0 Å². The van der Waals surface area contributed by atoms with Crippen LogP contribution in [0.5, 0.6) is 0 Å². The lowest BCUT2D eigenvalue weighted by Crippen LogP contribution is -2.44. The van der Waals surface area contributed by atoms with Gasteiger partial charge in [0.05, 0.1) is 17.8 Å². The predicted octanol–water partition coefficient (Wildman–Crippen LogP) is 2.22. The van der Waals surface area contributed by atoms with Crippen LogP contribution in [-0.4, -0.2) is 27.9 Å². The zero-order valence-corrected chi connectivity index (χ0v) is 13.5. The molecule has 1 aromatic heterocycles. The van der Waals surface area contributed by atoms with Gasteiger partial charge in [0.1, 0.15) is 6.54 Å². The van der Waals surface area contributed by atoms with E-state index >= 15 is 0 Å². The van der Waals surface area contributed by atoms with E-state index in [1.807, 2.05) is 13.8 Å². The molecule has 0 bridgehead atoms. The van der Waals surface area contributed by atoms with Gasteiger partial charge in [-0.2, -0.15) is 18.3 Å². The van der Waals surface area contributed by atoms with Gasteiger partial charge in [-0.3, -0.25) is 9.48 Å². The minimum absolute atomic E-state index is 0.0256. The van der Waals surface area contributed by atoms with Crippen LogP contribution >= 0.6 is 0 Å². The van der Waals surface area contributed by atoms with E-state index < -0.39 is 24.8 Å². The average Bonchev–Trinajstić information content (AvgIpc) is 2.60. The van der Waals surface area contributed by atoms with Crippen molar-refractivity contribution in [3.05, 3.63) is 17.0 Å². The van der Waals surface area contributed by atoms with Crippen molar-refractivity contribution in [1.82, 2.24) is 15.1 Å². The predicted molar refractivity (Wildman–Crippen MR) is 77.1 cm³/mol. The summed E-state index contributed by atoms with van der Waals surface area (Å²) < 4.78 is 38.5. The molecule has 0 spiro atoms. The lowest BCUT2D eigenvalue weighted by atomic mass is 10.0. The van der Waals surface area contributed by atoms with E-state index in [4.69, 9.17) is 5.73 Å². The van der Waals surface area contributed by atoms with E-state index in [2.05, 4.69) is 10.4 Å². The number of nitrogens with one attached hydrogen (secondary N) is 1. The molecule has 0 fully saturated rings. The van der Waals surface area contributed by atoms with E-state index in [1.54, 1.807) is 20.8 Å². The number of nitrogens with two attached hydrogens (primary N) is 1. The Balaban J connectivity index is 2.95. The van der Waals surface area contributed by atoms with E-state index in [9.17, 15) is 18.0 Å². The molecule has 1 amide bonds. The Hall–Kier alpha value is -1.57. The summed E-state index contributed by atoms with van der Waals surface area (Å²) in [5.41, 5.74) is 7.22. The van der Waals surface area contributed by atoms with Crippen LogP contribution in [0.1, 0.15) is 43.8 Å². The Morgan fingerprint density at radius 3 is 2.32 bits per heavy atom. The number of aryl methyl sites for hydroxylation is 1. The maximum atomic E-state index is 12.5. The third-order valence-corrected chi connectivity index (χ3v) is 3.58. The number of hydrogen-bond donors (Lipinski definition) is 2. The van der Waals surface area contributed by atoms with E-state index in [0.717, 1.165) is 4.68 Å². The molecule has 1 rings (SSSR count). The molecular weight excluding hydrogens is 297 g/mol. The van der Waals surface area contributed by atoms with Crippen molar-refractivity contribution < 1.29 is 18.0 Å². The first kappa shape index (κ1) is 18.5. The smallest absolute Gasteiger partial charge is 0.348 e. The summed E-state index contributed by atoms with van der Waals surface area (Å²) in [6.45, 7) is 7.40. The topological polar surface area (TPSA) is 72.9 Å². The van der Waals surface area contributed by atoms with Crippen molar-refractivity contribution in [3.63, 3.8) is 0 Å². The van der Waals surface area contributed by atoms with Crippen molar-refractivity contribution in [2.75, 3.05) is 0 Å². The molecule has 0 aliphatic carbocycles. The van der Waals surface area contributed by atoms with Crippen molar-refractivity contribution in [3.8, 4) is 0 Å². The lowest BCUT2D eigenvalue weighted by Gasteiger charge is -2.20. The highest BCUT2D eigenvalue weighted by Crippen LogP contribution is 2.25. The van der Waals surface area contributed by atoms with Crippen LogP contribution in [0.3, 0.4) is 0 Å². The van der Waals surface area contributed by atoms with E-state index in [1.165, 1.54) is 0 Å². The van der Waals surface area contributed by atoms with Gasteiger partial charge in [-0.1, -0.05) is 13.8 Å². The zero-order valence-electron chi connectivity index (χ0n) is 13.5. The molecule has 1 heterocycles. The molecule has 0 saturated carbocycles. The van der Waals surface area contributed by atoms with Crippen LogP contribution in [0.15, 0.2) is 0 Å². The number of nitrogens with zero attached hydrogens (tertiary/aromatic N) is 2. The molecule has 22 heavy (non-hydrogen) atoms. The fraction of sp³-hybridized carbons (Fsp3) is 0.714. The molecule has 1 aromatic rings. The number of hydrogen-bond acceptors (Lipinski definition) is 3. The first-order valence-corrected chi connectivity index (χ1v) is 7.10. The van der Waals surface area contributed by atoms with Crippen LogP contribution in [0.25, 0.3) is 0 Å². The number of alkyl halides is 3. The highest BCUT2D eigenvalue weighted by atomic mass is 19.4. The molecule has 0 aromatic carbocycles. The summed E-state index contributed by atoms with van der Waals surface area (Å²) in [7, 11) is 0. The van der Waals surface area contributed by atoms with Gasteiger partial charge in [-0.05, 0) is 26.7 Å². The number of aromatic nitrogens is 2. The van der Waals surface area contributed by atoms with Gasteiger partial charge in [0.25, 0.3) is 0 Å². The maximum absolute atomic E-state index is 12.5. The Morgan fingerprint density at radius 2 is 1.86 bits per heavy atom. The molecule has 0 radical (unpaired) electrons. The second kappa shape index (κ2) is 6.68. The minimum Gasteiger partial charge on any atom is -0.348 e. The molecule has 2 atom stereocenters. The Morgan fingerprint density at radius 1 is 1.32 bits per heavy atom. The monoisotopic (exact) mass is 320 g/mol. The van der Waals surface area contributed by atoms with Crippen molar-refractivity contribution in [2.24, 2.45) is 11.7 Å². The molecule has 8 heteroatoms. The van der Waals surface area contributed by atoms with Gasteiger partial charge in [0.15, 0.2) is 0 Å². The molecule has 126 valence electrons. The second-order valence-electron chi connectivity index (χ2n) is 5.86. The Labute approximate surface area is 128 Å². The minimum atomic E-state index is -4.34. The Bertz CT molecular complexity index is 537. The second-order valence-corrected chi connectivity index (χ2v) is 5.86. The fourth-order valence-corrected chi connectivity index (χ4v) is 2.35. The zero-order chi connectivity index (χ0) is 17.2. The van der Waals surface area contributed by atoms with Gasteiger partial charge in [-0.25, -0.2) is 0 Å². The van der Waals surface area contributed by atoms with Crippen LogP contribution in [0, 0.1) is 19.8 Å². The van der Waals surface area contributed by atoms with E-state index in [0.29, 0.717) is 17.0 Å². The first-order valence-electron chi connectivity index (χ1n) is 7.10. The highest BCUT2D eigenvalue weighted by molar-refractivity contribution is 5.82. The first-order chi connectivity index (χ1) is 9.94. The number of amides is 1. The summed E-state index contributed by atoms with van der Waals surface area (Å²) >= 11 is 0. The summed E-state index contributed by atoms with van der Waals surface area (Å²) in [5.74, 6) is -0.354. The number of carbonyl (C=O) groups excluding carboxylic acids is 1. The summed E-state index contributed by atoms with van der Waals surface area (Å²) in [6, 6.07) is -1.12. The lowest BCUT2D eigenvalue weighted by molar-refractivity contribution is -0.143. The molecule has 0 aliphatic rings. The normalized spacial score (nSPS) is 15.0. The van der Waals surface area contributed by atoms with Crippen molar-refractivity contribution in [1.29, 1.82) is 0 Å². The van der Waals surface area contributed by atoms with Gasteiger partial charge < -0.3 is 11.1 Å². The molecule has 0 aliphatic heterocycles. The number of carbonyl (C=O) groups is 1. The highest BCUT2D eigenvalue weighted by Gasteiger charge is 2.31.